The second-order valence-electron chi connectivity index (χ2n) is 9.68. The molecular formula is C25H63Cl5NP3Re2-4. The van der Waals surface area contributed by atoms with Crippen molar-refractivity contribution < 1.29 is 107 Å². The molecular weight excluding hydrogens is 957 g/mol. The first-order valence-electron chi connectivity index (χ1n) is 12.1. The summed E-state index contributed by atoms with van der Waals surface area (Å²) in [5.41, 5.74) is 0. The summed E-state index contributed by atoms with van der Waals surface area (Å²) < 4.78 is 1.42. The van der Waals surface area contributed by atoms with Gasteiger partial charge in [0.1, 0.15) is 0 Å². The summed E-state index contributed by atoms with van der Waals surface area (Å²) in [6.07, 6.45) is 11.1. The van der Waals surface area contributed by atoms with E-state index >= 15 is 0 Å². The van der Waals surface area contributed by atoms with E-state index in [1.807, 2.05) is 0 Å². The topological polar surface area (TPSA) is 0 Å². The molecule has 0 rings (SSSR count). The van der Waals surface area contributed by atoms with Gasteiger partial charge in [-0.2, -0.15) is 0 Å². The molecule has 0 amide bonds. The number of unbranched alkanes of at least 4 members (excludes halogenated alkanes) is 4. The number of halogens is 5. The van der Waals surface area contributed by atoms with Gasteiger partial charge in [0.2, 0.25) is 0 Å². The molecule has 0 N–H and O–H groups in total. The Morgan fingerprint density at radius 1 is 0.361 bits per heavy atom. The van der Waals surface area contributed by atoms with Crippen LogP contribution in [0.3, 0.4) is 0 Å². The molecule has 1 nitrogen and oxygen atoms in total. The summed E-state index contributed by atoms with van der Waals surface area (Å²) in [5.74, 6) is 0. The quantitative estimate of drug-likeness (QED) is 0.135. The van der Waals surface area contributed by atoms with Crippen molar-refractivity contribution in [2.24, 2.45) is 0 Å². The normalized spacial score (nSPS) is 8.67. The number of quaternary nitrogens is 1. The molecule has 0 aliphatic heterocycles. The second kappa shape index (κ2) is 58.6. The van der Waals surface area contributed by atoms with E-state index in [9.17, 15) is 0 Å². The van der Waals surface area contributed by atoms with Crippen LogP contribution in [-0.4, -0.2) is 90.6 Å². The fourth-order valence-corrected chi connectivity index (χ4v) is 2.64. The minimum absolute atomic E-state index is 0. The van der Waals surface area contributed by atoms with Crippen LogP contribution >= 0.6 is 23.8 Å². The minimum Gasteiger partial charge on any atom is -1.00 e. The Morgan fingerprint density at radius 2 is 0.472 bits per heavy atom. The van der Waals surface area contributed by atoms with E-state index in [1.54, 1.807) is 0 Å². The molecule has 0 unspecified atom stereocenters. The zero-order valence-corrected chi connectivity index (χ0v) is 37.8. The van der Waals surface area contributed by atoms with Gasteiger partial charge in [0.25, 0.3) is 0 Å². The molecule has 0 bridgehead atoms. The molecule has 0 aromatic heterocycles. The molecule has 0 saturated heterocycles. The molecule has 0 heterocycles. The number of hydrogen-bond acceptors (Lipinski definition) is 0. The van der Waals surface area contributed by atoms with Crippen LogP contribution in [0.1, 0.15) is 79.1 Å². The van der Waals surface area contributed by atoms with Gasteiger partial charge >= 0.3 is 0 Å². The zero-order valence-electron chi connectivity index (χ0n) is 25.9. The van der Waals surface area contributed by atoms with Gasteiger partial charge in [-0.15, -0.1) is 23.8 Å². The maximum Gasteiger partial charge on any atom is 0.0786 e. The standard InChI is InChI=1S/C16H36N.3C3H9P.5ClH.2Re/c1-5-9-13-17(14-10-6-2,15-11-7-3)16-12-8-4;3*1-4(2)3;;;;;;;/h5-16H2,1-4H3;3*1-3H3;5*1H;;/q+1;;;;;;;;;;/p-5. The molecule has 0 fully saturated rings. The van der Waals surface area contributed by atoms with Gasteiger partial charge in [-0.05, 0) is 85.7 Å². The van der Waals surface area contributed by atoms with E-state index < -0.39 is 0 Å². The zero-order chi connectivity index (χ0) is 23.7. The average molecular weight is 1020 g/mol. The summed E-state index contributed by atoms with van der Waals surface area (Å²) in [5, 5.41) is 0. The Balaban J connectivity index is -0.0000000312. The van der Waals surface area contributed by atoms with Crippen molar-refractivity contribution >= 4 is 23.8 Å². The Labute approximate surface area is 293 Å². The van der Waals surface area contributed by atoms with Gasteiger partial charge in [0, 0.05) is 40.8 Å². The summed E-state index contributed by atoms with van der Waals surface area (Å²) in [4.78, 5) is 0. The molecule has 11 heteroatoms. The average Bonchev–Trinajstić information content (AvgIpc) is 2.59. The summed E-state index contributed by atoms with van der Waals surface area (Å²) >= 11 is 0. The fourth-order valence-electron chi connectivity index (χ4n) is 2.64. The molecule has 0 aliphatic rings. The van der Waals surface area contributed by atoms with E-state index in [0.29, 0.717) is 23.8 Å². The molecule has 0 aliphatic carbocycles. The van der Waals surface area contributed by atoms with Crippen LogP contribution < -0.4 is 62.0 Å². The van der Waals surface area contributed by atoms with Crippen LogP contribution in [0.2, 0.25) is 0 Å². The third kappa shape index (κ3) is 90.3. The Morgan fingerprint density at radius 3 is 0.556 bits per heavy atom. The van der Waals surface area contributed by atoms with E-state index in [1.165, 1.54) is 82.0 Å². The number of rotatable bonds is 12. The van der Waals surface area contributed by atoms with Crippen molar-refractivity contribution in [1.29, 1.82) is 0 Å². The van der Waals surface area contributed by atoms with Crippen molar-refractivity contribution in [3.63, 3.8) is 0 Å². The van der Waals surface area contributed by atoms with Crippen LogP contribution in [0.5, 0.6) is 0 Å². The minimum atomic E-state index is 0. The first-order valence-corrected chi connectivity index (χ1v) is 20.2. The van der Waals surface area contributed by atoms with E-state index in [2.05, 4.69) is 87.7 Å². The molecule has 0 aromatic carbocycles. The van der Waals surface area contributed by atoms with Gasteiger partial charge in [0.05, 0.1) is 26.2 Å². The van der Waals surface area contributed by atoms with Crippen molar-refractivity contribution in [3.05, 3.63) is 0 Å². The van der Waals surface area contributed by atoms with Crippen LogP contribution in [0.4, 0.5) is 0 Å². The molecule has 36 heavy (non-hydrogen) atoms. The largest absolute Gasteiger partial charge is 1.00 e. The second-order valence-corrected chi connectivity index (χ2v) is 17.7. The van der Waals surface area contributed by atoms with Crippen LogP contribution in [0.25, 0.3) is 0 Å². The molecule has 0 spiro atoms. The van der Waals surface area contributed by atoms with Crippen molar-refractivity contribution in [1.82, 2.24) is 0 Å². The van der Waals surface area contributed by atoms with Gasteiger partial charge < -0.3 is 66.5 Å². The molecule has 0 saturated carbocycles. The molecule has 0 aromatic rings. The van der Waals surface area contributed by atoms with E-state index in [-0.39, 0.29) is 103 Å². The number of nitrogens with zero attached hydrogens (tertiary/aromatic N) is 1. The Hall–Kier alpha value is 4.02. The predicted octanol–water partition coefficient (Wildman–Crippen LogP) is -5.91. The van der Waals surface area contributed by atoms with Crippen LogP contribution in [-0.2, 0) is 40.8 Å². The monoisotopic (exact) mass is 1020 g/mol. The van der Waals surface area contributed by atoms with Gasteiger partial charge in [0.15, 0.2) is 0 Å². The van der Waals surface area contributed by atoms with Crippen molar-refractivity contribution in [2.75, 3.05) is 86.2 Å². The SMILES string of the molecule is CCCC[N+](CCCC)(CCCC)CCCC.CP(C)C.CP(C)C.CP(C)C.[Cl-].[Cl-].[Cl-].[Cl-].[Cl-].[Re].[Re]. The van der Waals surface area contributed by atoms with Gasteiger partial charge in [-0.25, -0.2) is 0 Å². The smallest absolute Gasteiger partial charge is 0.0786 e. The summed E-state index contributed by atoms with van der Waals surface area (Å²) in [6.45, 7) is 35.1. The Kier molecular flexibility index (Phi) is 118. The first kappa shape index (κ1) is 72.4. The molecule has 236 valence electrons. The van der Waals surface area contributed by atoms with Gasteiger partial charge in [-0.3, -0.25) is 0 Å². The maximum atomic E-state index is 2.33. The maximum absolute atomic E-state index is 2.33. The van der Waals surface area contributed by atoms with Crippen LogP contribution in [0, 0.1) is 0 Å². The molecule has 2 radical (unpaired) electrons. The first-order chi connectivity index (χ1) is 13.4. The Bertz CT molecular complexity index is 240. The van der Waals surface area contributed by atoms with Crippen LogP contribution in [0.15, 0.2) is 0 Å². The van der Waals surface area contributed by atoms with E-state index in [0.717, 1.165) is 0 Å². The third-order valence-electron chi connectivity index (χ3n) is 3.94. The van der Waals surface area contributed by atoms with E-state index in [4.69, 9.17) is 0 Å². The predicted molar refractivity (Wildman–Crippen MR) is 153 cm³/mol. The third-order valence-corrected chi connectivity index (χ3v) is 3.94. The summed E-state index contributed by atoms with van der Waals surface area (Å²) in [6, 6.07) is 0. The number of hydrogen-bond donors (Lipinski definition) is 0. The molecule has 0 atom stereocenters. The summed E-state index contributed by atoms with van der Waals surface area (Å²) in [7, 11) is 1.14. The fraction of sp³-hybridized carbons (Fsp3) is 1.00. The van der Waals surface area contributed by atoms with Crippen molar-refractivity contribution in [2.45, 2.75) is 79.1 Å². The van der Waals surface area contributed by atoms with Crippen molar-refractivity contribution in [3.8, 4) is 0 Å². The van der Waals surface area contributed by atoms with Gasteiger partial charge in [-0.1, -0.05) is 53.4 Å².